The fourth-order valence-electron chi connectivity index (χ4n) is 2.39. The standard InChI is InChI=1S/C18H23NO4/c1-4-23-18-16(21-2)11-13(12-17(18)22-3)8-9-15(20)14-7-5-6-10-19-14/h5-7,10-12,15,20H,4,8-9H2,1-3H3. The largest absolute Gasteiger partial charge is 0.493 e. The zero-order chi connectivity index (χ0) is 16.7. The summed E-state index contributed by atoms with van der Waals surface area (Å²) in [5.74, 6) is 1.87. The van der Waals surface area contributed by atoms with Gasteiger partial charge in [-0.2, -0.15) is 0 Å². The van der Waals surface area contributed by atoms with Gasteiger partial charge in [0, 0.05) is 6.20 Å². The van der Waals surface area contributed by atoms with Gasteiger partial charge >= 0.3 is 0 Å². The molecule has 0 spiro atoms. The second-order valence-electron chi connectivity index (χ2n) is 5.07. The first-order valence-corrected chi connectivity index (χ1v) is 7.66. The molecule has 1 heterocycles. The topological polar surface area (TPSA) is 60.8 Å². The van der Waals surface area contributed by atoms with E-state index in [0.717, 1.165) is 5.56 Å². The molecule has 124 valence electrons. The molecule has 1 aromatic carbocycles. The molecule has 2 aromatic rings. The molecular formula is C18H23NO4. The molecule has 0 saturated heterocycles. The van der Waals surface area contributed by atoms with Crippen LogP contribution in [0.2, 0.25) is 0 Å². The van der Waals surface area contributed by atoms with E-state index in [1.807, 2.05) is 37.3 Å². The molecule has 5 heteroatoms. The second-order valence-corrected chi connectivity index (χ2v) is 5.07. The fourth-order valence-corrected chi connectivity index (χ4v) is 2.39. The minimum absolute atomic E-state index is 0.532. The Hall–Kier alpha value is -2.27. The van der Waals surface area contributed by atoms with Gasteiger partial charge in [0.2, 0.25) is 5.75 Å². The highest BCUT2D eigenvalue weighted by Gasteiger charge is 2.15. The number of aliphatic hydroxyl groups excluding tert-OH is 1. The van der Waals surface area contributed by atoms with E-state index in [4.69, 9.17) is 14.2 Å². The van der Waals surface area contributed by atoms with E-state index >= 15 is 0 Å². The summed E-state index contributed by atoms with van der Waals surface area (Å²) >= 11 is 0. The highest BCUT2D eigenvalue weighted by molar-refractivity contribution is 5.53. The average molecular weight is 317 g/mol. The van der Waals surface area contributed by atoms with Crippen molar-refractivity contribution in [3.05, 3.63) is 47.8 Å². The van der Waals surface area contributed by atoms with Gasteiger partial charge in [-0.1, -0.05) is 6.07 Å². The van der Waals surface area contributed by atoms with E-state index in [9.17, 15) is 5.11 Å². The summed E-state index contributed by atoms with van der Waals surface area (Å²) in [6, 6.07) is 9.36. The van der Waals surface area contributed by atoms with Crippen LogP contribution in [-0.4, -0.2) is 30.9 Å². The smallest absolute Gasteiger partial charge is 0.203 e. The van der Waals surface area contributed by atoms with Crippen LogP contribution < -0.4 is 14.2 Å². The Kier molecular flexibility index (Phi) is 6.23. The minimum Gasteiger partial charge on any atom is -0.493 e. The van der Waals surface area contributed by atoms with E-state index in [2.05, 4.69) is 4.98 Å². The number of rotatable bonds is 8. The molecule has 0 radical (unpaired) electrons. The van der Waals surface area contributed by atoms with Gasteiger partial charge in [0.15, 0.2) is 11.5 Å². The lowest BCUT2D eigenvalue weighted by Gasteiger charge is -2.16. The van der Waals surface area contributed by atoms with E-state index in [0.29, 0.717) is 42.4 Å². The van der Waals surface area contributed by atoms with Crippen molar-refractivity contribution in [3.63, 3.8) is 0 Å². The number of aliphatic hydroxyl groups is 1. The Morgan fingerprint density at radius 2 is 1.83 bits per heavy atom. The number of pyridine rings is 1. The van der Waals surface area contributed by atoms with Crippen LogP contribution in [0.4, 0.5) is 0 Å². The molecule has 2 rings (SSSR count). The molecule has 0 amide bonds. The monoisotopic (exact) mass is 317 g/mol. The van der Waals surface area contributed by atoms with Crippen molar-refractivity contribution < 1.29 is 19.3 Å². The van der Waals surface area contributed by atoms with Gasteiger partial charge in [0.1, 0.15) is 0 Å². The van der Waals surface area contributed by atoms with Crippen LogP contribution in [0.15, 0.2) is 36.5 Å². The first-order valence-electron chi connectivity index (χ1n) is 7.66. The molecule has 0 aliphatic heterocycles. The summed E-state index contributed by atoms with van der Waals surface area (Å²) in [4.78, 5) is 4.18. The van der Waals surface area contributed by atoms with Crippen LogP contribution >= 0.6 is 0 Å². The quantitative estimate of drug-likeness (QED) is 0.810. The van der Waals surface area contributed by atoms with Crippen molar-refractivity contribution in [2.24, 2.45) is 0 Å². The predicted octanol–water partition coefficient (Wildman–Crippen LogP) is 3.16. The molecule has 0 aliphatic rings. The van der Waals surface area contributed by atoms with Crippen LogP contribution in [-0.2, 0) is 6.42 Å². The van der Waals surface area contributed by atoms with E-state index < -0.39 is 6.10 Å². The maximum absolute atomic E-state index is 10.2. The summed E-state index contributed by atoms with van der Waals surface area (Å²) in [5.41, 5.74) is 1.69. The number of hydrogen-bond acceptors (Lipinski definition) is 5. The van der Waals surface area contributed by atoms with Crippen LogP contribution in [0.3, 0.4) is 0 Å². The molecular weight excluding hydrogens is 294 g/mol. The van der Waals surface area contributed by atoms with Gasteiger partial charge < -0.3 is 19.3 Å². The summed E-state index contributed by atoms with van der Waals surface area (Å²) in [7, 11) is 3.20. The number of aromatic nitrogens is 1. The average Bonchev–Trinajstić information content (AvgIpc) is 2.61. The summed E-state index contributed by atoms with van der Waals surface area (Å²) < 4.78 is 16.4. The van der Waals surface area contributed by atoms with Gasteiger partial charge in [-0.3, -0.25) is 4.98 Å². The highest BCUT2D eigenvalue weighted by atomic mass is 16.5. The third-order valence-corrected chi connectivity index (χ3v) is 3.54. The Labute approximate surface area is 136 Å². The van der Waals surface area contributed by atoms with Crippen molar-refractivity contribution in [2.45, 2.75) is 25.9 Å². The normalized spacial score (nSPS) is 11.8. The van der Waals surface area contributed by atoms with Gasteiger partial charge in [0.05, 0.1) is 32.6 Å². The molecule has 5 nitrogen and oxygen atoms in total. The Bertz CT molecular complexity index is 591. The molecule has 0 bridgehead atoms. The number of aryl methyl sites for hydroxylation is 1. The van der Waals surface area contributed by atoms with Crippen molar-refractivity contribution >= 4 is 0 Å². The second kappa shape index (κ2) is 8.39. The van der Waals surface area contributed by atoms with E-state index in [-0.39, 0.29) is 0 Å². The van der Waals surface area contributed by atoms with E-state index in [1.54, 1.807) is 20.4 Å². The Morgan fingerprint density at radius 3 is 2.35 bits per heavy atom. The molecule has 1 atom stereocenters. The lowest BCUT2D eigenvalue weighted by atomic mass is 10.0. The van der Waals surface area contributed by atoms with Gasteiger partial charge in [-0.15, -0.1) is 0 Å². The van der Waals surface area contributed by atoms with Crippen molar-refractivity contribution in [2.75, 3.05) is 20.8 Å². The van der Waals surface area contributed by atoms with Gasteiger partial charge in [-0.25, -0.2) is 0 Å². The molecule has 1 unspecified atom stereocenters. The number of benzene rings is 1. The third-order valence-electron chi connectivity index (χ3n) is 3.54. The lowest BCUT2D eigenvalue weighted by Crippen LogP contribution is -2.03. The number of methoxy groups -OCH3 is 2. The first kappa shape index (κ1) is 17.1. The maximum Gasteiger partial charge on any atom is 0.203 e. The third kappa shape index (κ3) is 4.36. The van der Waals surface area contributed by atoms with Crippen molar-refractivity contribution in [1.82, 2.24) is 4.98 Å². The molecule has 0 fully saturated rings. The predicted molar refractivity (Wildman–Crippen MR) is 88.2 cm³/mol. The molecule has 0 saturated carbocycles. The zero-order valence-corrected chi connectivity index (χ0v) is 13.8. The molecule has 0 aliphatic carbocycles. The number of hydrogen-bond donors (Lipinski definition) is 1. The Morgan fingerprint density at radius 1 is 1.13 bits per heavy atom. The Balaban J connectivity index is 2.13. The maximum atomic E-state index is 10.2. The molecule has 23 heavy (non-hydrogen) atoms. The fraction of sp³-hybridized carbons (Fsp3) is 0.389. The van der Waals surface area contributed by atoms with Crippen molar-refractivity contribution in [1.29, 1.82) is 0 Å². The number of nitrogens with zero attached hydrogens (tertiary/aromatic N) is 1. The molecule has 1 aromatic heterocycles. The summed E-state index contributed by atoms with van der Waals surface area (Å²) in [6.07, 6.45) is 2.33. The minimum atomic E-state index is -0.597. The lowest BCUT2D eigenvalue weighted by molar-refractivity contribution is 0.163. The molecule has 1 N–H and O–H groups in total. The van der Waals surface area contributed by atoms with Gasteiger partial charge in [-0.05, 0) is 49.6 Å². The van der Waals surface area contributed by atoms with Gasteiger partial charge in [0.25, 0.3) is 0 Å². The summed E-state index contributed by atoms with van der Waals surface area (Å²) in [6.45, 7) is 2.44. The van der Waals surface area contributed by atoms with Crippen LogP contribution in [0.5, 0.6) is 17.2 Å². The van der Waals surface area contributed by atoms with Crippen LogP contribution in [0.25, 0.3) is 0 Å². The van der Waals surface area contributed by atoms with E-state index in [1.165, 1.54) is 0 Å². The van der Waals surface area contributed by atoms with Crippen LogP contribution in [0, 0.1) is 0 Å². The highest BCUT2D eigenvalue weighted by Crippen LogP contribution is 2.39. The SMILES string of the molecule is CCOc1c(OC)cc(CCC(O)c2ccccn2)cc1OC. The van der Waals surface area contributed by atoms with Crippen LogP contribution in [0.1, 0.15) is 30.7 Å². The first-order chi connectivity index (χ1) is 11.2. The summed E-state index contributed by atoms with van der Waals surface area (Å²) in [5, 5.41) is 10.2. The van der Waals surface area contributed by atoms with Crippen molar-refractivity contribution in [3.8, 4) is 17.2 Å². The zero-order valence-electron chi connectivity index (χ0n) is 13.8. The number of ether oxygens (including phenoxy) is 3.